The number of piperidine rings is 1. The molecule has 3 N–H and O–H groups in total. The summed E-state index contributed by atoms with van der Waals surface area (Å²) in [4.78, 5) is 22.7. The zero-order valence-corrected chi connectivity index (χ0v) is 10.7. The maximum Gasteiger partial charge on any atom is 0.319 e. The molecule has 1 aliphatic rings. The van der Waals surface area contributed by atoms with E-state index in [1.54, 1.807) is 31.4 Å². The van der Waals surface area contributed by atoms with Gasteiger partial charge >= 0.3 is 6.03 Å². The van der Waals surface area contributed by atoms with Crippen LogP contribution in [0.2, 0.25) is 0 Å². The first-order valence-corrected chi connectivity index (χ1v) is 6.15. The van der Waals surface area contributed by atoms with Crippen molar-refractivity contribution in [2.45, 2.75) is 18.9 Å². The normalized spacial score (nSPS) is 18.4. The minimum absolute atomic E-state index is 0.0176. The van der Waals surface area contributed by atoms with Crippen LogP contribution in [-0.4, -0.2) is 31.6 Å². The summed E-state index contributed by atoms with van der Waals surface area (Å²) in [7, 11) is 1.59. The third-order valence-electron chi connectivity index (χ3n) is 2.95. The molecular formula is C13H17N3O3. The second-order valence-corrected chi connectivity index (χ2v) is 4.37. The van der Waals surface area contributed by atoms with Crippen molar-refractivity contribution in [1.82, 2.24) is 10.6 Å². The van der Waals surface area contributed by atoms with Gasteiger partial charge in [-0.15, -0.1) is 0 Å². The highest BCUT2D eigenvalue weighted by Crippen LogP contribution is 2.14. The van der Waals surface area contributed by atoms with Gasteiger partial charge in [-0.25, -0.2) is 4.79 Å². The lowest BCUT2D eigenvalue weighted by Gasteiger charge is -2.23. The lowest BCUT2D eigenvalue weighted by atomic mass is 10.1. The highest BCUT2D eigenvalue weighted by Gasteiger charge is 2.19. The van der Waals surface area contributed by atoms with Crippen molar-refractivity contribution in [2.75, 3.05) is 19.0 Å². The van der Waals surface area contributed by atoms with E-state index >= 15 is 0 Å². The first-order valence-electron chi connectivity index (χ1n) is 6.15. The predicted octanol–water partition coefficient (Wildman–Crippen LogP) is 1.10. The number of urea groups is 1. The van der Waals surface area contributed by atoms with Gasteiger partial charge in [0.25, 0.3) is 0 Å². The molecule has 102 valence electrons. The van der Waals surface area contributed by atoms with Crippen molar-refractivity contribution in [2.24, 2.45) is 0 Å². The number of ether oxygens (including phenoxy) is 1. The third-order valence-corrected chi connectivity index (χ3v) is 2.95. The Morgan fingerprint density at radius 3 is 2.68 bits per heavy atom. The van der Waals surface area contributed by atoms with Gasteiger partial charge in [-0.05, 0) is 30.7 Å². The highest BCUT2D eigenvalue weighted by molar-refractivity contribution is 5.89. The Morgan fingerprint density at radius 2 is 2.11 bits per heavy atom. The topological polar surface area (TPSA) is 79.5 Å². The number of hydrogen-bond donors (Lipinski definition) is 3. The van der Waals surface area contributed by atoms with E-state index in [0.29, 0.717) is 25.1 Å². The molecule has 0 radical (unpaired) electrons. The number of anilines is 1. The quantitative estimate of drug-likeness (QED) is 0.764. The SMILES string of the molecule is COc1ccc(NC(=O)NC2CCC(=O)NC2)cc1. The molecule has 3 amide bonds. The molecule has 19 heavy (non-hydrogen) atoms. The van der Waals surface area contributed by atoms with Crippen molar-refractivity contribution in [3.05, 3.63) is 24.3 Å². The van der Waals surface area contributed by atoms with E-state index in [2.05, 4.69) is 16.0 Å². The van der Waals surface area contributed by atoms with E-state index < -0.39 is 0 Å². The van der Waals surface area contributed by atoms with E-state index in [4.69, 9.17) is 4.74 Å². The Kier molecular flexibility index (Phi) is 4.22. The number of carbonyl (C=O) groups excluding carboxylic acids is 2. The lowest BCUT2D eigenvalue weighted by Crippen LogP contribution is -2.48. The van der Waals surface area contributed by atoms with Crippen LogP contribution in [0.1, 0.15) is 12.8 Å². The average molecular weight is 263 g/mol. The second-order valence-electron chi connectivity index (χ2n) is 4.37. The molecular weight excluding hydrogens is 246 g/mol. The standard InChI is InChI=1S/C13H17N3O3/c1-19-11-5-2-9(3-6-11)15-13(18)16-10-4-7-12(17)14-8-10/h2-3,5-6,10H,4,7-8H2,1H3,(H,14,17)(H2,15,16,18). The zero-order valence-electron chi connectivity index (χ0n) is 10.7. The van der Waals surface area contributed by atoms with E-state index in [-0.39, 0.29) is 18.0 Å². The van der Waals surface area contributed by atoms with Crippen LogP contribution < -0.4 is 20.7 Å². The van der Waals surface area contributed by atoms with Crippen LogP contribution in [0.4, 0.5) is 10.5 Å². The molecule has 1 aromatic carbocycles. The summed E-state index contributed by atoms with van der Waals surface area (Å²) in [5, 5.41) is 8.27. The monoisotopic (exact) mass is 263 g/mol. The average Bonchev–Trinajstić information content (AvgIpc) is 2.42. The van der Waals surface area contributed by atoms with Crippen molar-refractivity contribution >= 4 is 17.6 Å². The van der Waals surface area contributed by atoms with Gasteiger partial charge in [0.15, 0.2) is 0 Å². The molecule has 1 aromatic rings. The number of rotatable bonds is 3. The molecule has 1 heterocycles. The van der Waals surface area contributed by atoms with Gasteiger partial charge in [-0.3, -0.25) is 4.79 Å². The number of carbonyl (C=O) groups is 2. The minimum atomic E-state index is -0.272. The summed E-state index contributed by atoms with van der Waals surface area (Å²) in [6, 6.07) is 6.79. The van der Waals surface area contributed by atoms with Crippen LogP contribution in [0.3, 0.4) is 0 Å². The molecule has 1 aliphatic heterocycles. The van der Waals surface area contributed by atoms with Crippen LogP contribution in [0.15, 0.2) is 24.3 Å². The van der Waals surface area contributed by atoms with Gasteiger partial charge in [-0.2, -0.15) is 0 Å². The fraction of sp³-hybridized carbons (Fsp3) is 0.385. The van der Waals surface area contributed by atoms with Crippen molar-refractivity contribution < 1.29 is 14.3 Å². The summed E-state index contributed by atoms with van der Waals surface area (Å²) in [5.41, 5.74) is 0.693. The number of benzene rings is 1. The fourth-order valence-electron chi connectivity index (χ4n) is 1.88. The van der Waals surface area contributed by atoms with Crippen LogP contribution >= 0.6 is 0 Å². The van der Waals surface area contributed by atoms with E-state index in [1.165, 1.54) is 0 Å². The Morgan fingerprint density at radius 1 is 1.37 bits per heavy atom. The summed E-state index contributed by atoms with van der Waals surface area (Å²) in [6.07, 6.45) is 1.12. The smallest absolute Gasteiger partial charge is 0.319 e. The number of methoxy groups -OCH3 is 1. The molecule has 0 aliphatic carbocycles. The predicted molar refractivity (Wildman–Crippen MR) is 71.2 cm³/mol. The summed E-state index contributed by atoms with van der Waals surface area (Å²) in [5.74, 6) is 0.773. The Bertz CT molecular complexity index is 449. The van der Waals surface area contributed by atoms with Crippen molar-refractivity contribution in [1.29, 1.82) is 0 Å². The molecule has 0 saturated carbocycles. The van der Waals surface area contributed by atoms with Crippen LogP contribution in [-0.2, 0) is 4.79 Å². The third kappa shape index (κ3) is 3.87. The molecule has 6 nitrogen and oxygen atoms in total. The zero-order chi connectivity index (χ0) is 13.7. The van der Waals surface area contributed by atoms with Gasteiger partial charge in [-0.1, -0.05) is 0 Å². The van der Waals surface area contributed by atoms with Crippen LogP contribution in [0.25, 0.3) is 0 Å². The van der Waals surface area contributed by atoms with Crippen molar-refractivity contribution in [3.63, 3.8) is 0 Å². The summed E-state index contributed by atoms with van der Waals surface area (Å²) >= 11 is 0. The Labute approximate surface area is 111 Å². The summed E-state index contributed by atoms with van der Waals surface area (Å²) in [6.45, 7) is 0.481. The molecule has 0 bridgehead atoms. The Balaban J connectivity index is 1.81. The largest absolute Gasteiger partial charge is 0.497 e. The van der Waals surface area contributed by atoms with E-state index in [0.717, 1.165) is 5.75 Å². The molecule has 0 spiro atoms. The molecule has 0 aromatic heterocycles. The van der Waals surface area contributed by atoms with Crippen LogP contribution in [0.5, 0.6) is 5.75 Å². The van der Waals surface area contributed by atoms with Crippen LogP contribution in [0, 0.1) is 0 Å². The molecule has 2 rings (SSSR count). The molecule has 1 unspecified atom stereocenters. The molecule has 1 saturated heterocycles. The summed E-state index contributed by atoms with van der Waals surface area (Å²) < 4.78 is 5.04. The lowest BCUT2D eigenvalue weighted by molar-refractivity contribution is -0.122. The Hall–Kier alpha value is -2.24. The van der Waals surface area contributed by atoms with Crippen molar-refractivity contribution in [3.8, 4) is 5.75 Å². The van der Waals surface area contributed by atoms with Gasteiger partial charge < -0.3 is 20.7 Å². The van der Waals surface area contributed by atoms with Gasteiger partial charge in [0.1, 0.15) is 5.75 Å². The van der Waals surface area contributed by atoms with E-state index in [1.807, 2.05) is 0 Å². The maximum absolute atomic E-state index is 11.8. The number of nitrogens with one attached hydrogen (secondary N) is 3. The fourth-order valence-corrected chi connectivity index (χ4v) is 1.88. The van der Waals surface area contributed by atoms with Gasteiger partial charge in [0.2, 0.25) is 5.91 Å². The van der Waals surface area contributed by atoms with Gasteiger partial charge in [0.05, 0.1) is 7.11 Å². The number of hydrogen-bond acceptors (Lipinski definition) is 3. The minimum Gasteiger partial charge on any atom is -0.497 e. The first kappa shape index (κ1) is 13.2. The maximum atomic E-state index is 11.8. The molecule has 1 atom stereocenters. The second kappa shape index (κ2) is 6.08. The van der Waals surface area contributed by atoms with Gasteiger partial charge in [0, 0.05) is 24.7 Å². The molecule has 6 heteroatoms. The molecule has 1 fully saturated rings. The number of amides is 3. The highest BCUT2D eigenvalue weighted by atomic mass is 16.5. The van der Waals surface area contributed by atoms with E-state index in [9.17, 15) is 9.59 Å². The first-order chi connectivity index (χ1) is 9.17.